The van der Waals surface area contributed by atoms with Gasteiger partial charge in [0.1, 0.15) is 5.76 Å². The van der Waals surface area contributed by atoms with Gasteiger partial charge in [0, 0.05) is 36.1 Å². The number of nitrogens with zero attached hydrogens (tertiary/aromatic N) is 4. The number of furan rings is 1. The molecule has 0 atom stereocenters. The second kappa shape index (κ2) is 8.70. The van der Waals surface area contributed by atoms with Crippen molar-refractivity contribution in [1.29, 1.82) is 0 Å². The van der Waals surface area contributed by atoms with Gasteiger partial charge in [-0.15, -0.1) is 11.3 Å². The van der Waals surface area contributed by atoms with Gasteiger partial charge in [-0.1, -0.05) is 6.07 Å². The summed E-state index contributed by atoms with van der Waals surface area (Å²) in [5, 5.41) is 12.0. The molecule has 0 aliphatic carbocycles. The van der Waals surface area contributed by atoms with Crippen molar-refractivity contribution in [3.8, 4) is 5.82 Å². The summed E-state index contributed by atoms with van der Waals surface area (Å²) in [6.07, 6.45) is 6.71. The smallest absolute Gasteiger partial charge is 0.260 e. The third-order valence-electron chi connectivity index (χ3n) is 4.28. The van der Waals surface area contributed by atoms with Gasteiger partial charge in [-0.05, 0) is 25.1 Å². The number of thiazole rings is 1. The molecule has 0 aromatic carbocycles. The minimum atomic E-state index is -0.297. The third-order valence-corrected chi connectivity index (χ3v) is 5.09. The average molecular weight is 422 g/mol. The number of anilines is 1. The first-order valence-corrected chi connectivity index (χ1v) is 9.98. The van der Waals surface area contributed by atoms with Gasteiger partial charge in [0.15, 0.2) is 10.9 Å². The lowest BCUT2D eigenvalue weighted by atomic mass is 10.2. The van der Waals surface area contributed by atoms with E-state index in [1.165, 1.54) is 17.6 Å². The van der Waals surface area contributed by atoms with Crippen LogP contribution in [0.5, 0.6) is 0 Å². The fourth-order valence-electron chi connectivity index (χ4n) is 2.82. The van der Waals surface area contributed by atoms with Gasteiger partial charge < -0.3 is 9.73 Å². The topological polar surface area (TPSA) is 115 Å². The Morgan fingerprint density at radius 1 is 1.23 bits per heavy atom. The maximum absolute atomic E-state index is 12.4. The molecule has 9 nitrogen and oxygen atoms in total. The molecule has 0 unspecified atom stereocenters. The zero-order chi connectivity index (χ0) is 20.9. The van der Waals surface area contributed by atoms with Crippen molar-refractivity contribution in [2.45, 2.75) is 19.9 Å². The summed E-state index contributed by atoms with van der Waals surface area (Å²) in [5.41, 5.74) is 1.88. The van der Waals surface area contributed by atoms with E-state index in [4.69, 9.17) is 4.42 Å². The first-order valence-electron chi connectivity index (χ1n) is 9.10. The Morgan fingerprint density at radius 3 is 2.90 bits per heavy atom. The van der Waals surface area contributed by atoms with Crippen LogP contribution in [0, 0.1) is 6.92 Å². The lowest BCUT2D eigenvalue weighted by molar-refractivity contribution is -0.120. The molecule has 4 heterocycles. The van der Waals surface area contributed by atoms with E-state index < -0.39 is 0 Å². The molecule has 10 heteroatoms. The van der Waals surface area contributed by atoms with E-state index in [9.17, 15) is 9.59 Å². The predicted octanol–water partition coefficient (Wildman–Crippen LogP) is 2.74. The highest BCUT2D eigenvalue weighted by Gasteiger charge is 2.15. The third kappa shape index (κ3) is 4.44. The molecule has 4 rings (SSSR count). The summed E-state index contributed by atoms with van der Waals surface area (Å²) >= 11 is 1.26. The quantitative estimate of drug-likeness (QED) is 0.473. The number of carbonyl (C=O) groups is 2. The minimum Gasteiger partial charge on any atom is -0.469 e. The fourth-order valence-corrected chi connectivity index (χ4v) is 3.53. The second-order valence-corrected chi connectivity index (χ2v) is 7.24. The SMILES string of the molecule is Cc1occc1C(=O)Nc1nc(CC(=O)NCc2cccnc2-n2cccn2)cs1. The van der Waals surface area contributed by atoms with Gasteiger partial charge in [0.2, 0.25) is 5.91 Å². The highest BCUT2D eigenvalue weighted by atomic mass is 32.1. The number of rotatable bonds is 7. The van der Waals surface area contributed by atoms with Crippen molar-refractivity contribution in [2.75, 3.05) is 5.32 Å². The van der Waals surface area contributed by atoms with Crippen molar-refractivity contribution in [2.24, 2.45) is 0 Å². The number of nitrogens with one attached hydrogen (secondary N) is 2. The van der Waals surface area contributed by atoms with Crippen LogP contribution in [0.2, 0.25) is 0 Å². The first kappa shape index (κ1) is 19.5. The maximum atomic E-state index is 12.4. The Kier molecular flexibility index (Phi) is 5.66. The number of carbonyl (C=O) groups excluding carboxylic acids is 2. The van der Waals surface area contributed by atoms with Crippen molar-refractivity contribution in [1.82, 2.24) is 25.1 Å². The molecular weight excluding hydrogens is 404 g/mol. The molecule has 2 N–H and O–H groups in total. The number of pyridine rings is 1. The molecule has 0 aliphatic rings. The largest absolute Gasteiger partial charge is 0.469 e. The molecule has 4 aromatic rings. The van der Waals surface area contributed by atoms with Gasteiger partial charge >= 0.3 is 0 Å². The molecule has 2 amide bonds. The number of hydrogen-bond acceptors (Lipinski definition) is 7. The van der Waals surface area contributed by atoms with E-state index in [-0.39, 0.29) is 18.2 Å². The Morgan fingerprint density at radius 2 is 2.13 bits per heavy atom. The Hall–Kier alpha value is -3.79. The first-order chi connectivity index (χ1) is 14.6. The van der Waals surface area contributed by atoms with E-state index in [0.29, 0.717) is 34.5 Å². The standard InChI is InChI=1S/C20H18N6O3S/c1-13-16(5-9-29-13)19(28)25-20-24-15(12-30-20)10-17(27)22-11-14-4-2-6-21-18(14)26-8-3-7-23-26/h2-9,12H,10-11H2,1H3,(H,22,27)(H,24,25,28). The van der Waals surface area contributed by atoms with Gasteiger partial charge in [0.05, 0.1) is 23.9 Å². The number of hydrogen-bond donors (Lipinski definition) is 2. The molecule has 4 aromatic heterocycles. The van der Waals surface area contributed by atoms with Crippen molar-refractivity contribution in [3.05, 3.63) is 77.1 Å². The molecule has 0 radical (unpaired) electrons. The summed E-state index contributed by atoms with van der Waals surface area (Å²) in [6, 6.07) is 7.11. The zero-order valence-electron chi connectivity index (χ0n) is 16.0. The number of aromatic nitrogens is 4. The average Bonchev–Trinajstić information content (AvgIpc) is 3.49. The van der Waals surface area contributed by atoms with Gasteiger partial charge in [-0.2, -0.15) is 5.10 Å². The zero-order valence-corrected chi connectivity index (χ0v) is 16.8. The van der Waals surface area contributed by atoms with Crippen LogP contribution in [0.4, 0.5) is 5.13 Å². The molecule has 0 spiro atoms. The Bertz CT molecular complexity index is 1160. The van der Waals surface area contributed by atoms with Crippen molar-refractivity contribution < 1.29 is 14.0 Å². The van der Waals surface area contributed by atoms with Crippen LogP contribution in [0.3, 0.4) is 0 Å². The molecule has 0 fully saturated rings. The molecule has 152 valence electrons. The molecule has 0 saturated carbocycles. The Balaban J connectivity index is 1.34. The van der Waals surface area contributed by atoms with E-state index in [0.717, 1.165) is 5.56 Å². The Labute approximate surface area is 175 Å². The number of amides is 2. The van der Waals surface area contributed by atoms with Crippen LogP contribution < -0.4 is 10.6 Å². The summed E-state index contributed by atoms with van der Waals surface area (Å²) in [5.74, 6) is 0.720. The predicted molar refractivity (Wildman–Crippen MR) is 110 cm³/mol. The summed E-state index contributed by atoms with van der Waals surface area (Å²) in [7, 11) is 0. The van der Waals surface area contributed by atoms with Crippen molar-refractivity contribution in [3.63, 3.8) is 0 Å². The van der Waals surface area contributed by atoms with Gasteiger partial charge in [-0.3, -0.25) is 14.9 Å². The van der Waals surface area contributed by atoms with E-state index >= 15 is 0 Å². The molecular formula is C20H18N6O3S. The van der Waals surface area contributed by atoms with Gasteiger partial charge in [0.25, 0.3) is 5.91 Å². The maximum Gasteiger partial charge on any atom is 0.260 e. The summed E-state index contributed by atoms with van der Waals surface area (Å²) in [4.78, 5) is 33.2. The van der Waals surface area contributed by atoms with E-state index in [1.54, 1.807) is 41.6 Å². The molecule has 0 bridgehead atoms. The normalized spacial score (nSPS) is 10.7. The van der Waals surface area contributed by atoms with Gasteiger partial charge in [-0.25, -0.2) is 14.6 Å². The highest BCUT2D eigenvalue weighted by molar-refractivity contribution is 7.14. The van der Waals surface area contributed by atoms with Crippen molar-refractivity contribution >= 4 is 28.3 Å². The minimum absolute atomic E-state index is 0.106. The molecule has 30 heavy (non-hydrogen) atoms. The van der Waals surface area contributed by atoms with E-state index in [2.05, 4.69) is 25.7 Å². The second-order valence-electron chi connectivity index (χ2n) is 6.38. The summed E-state index contributed by atoms with van der Waals surface area (Å²) in [6.45, 7) is 2.03. The highest BCUT2D eigenvalue weighted by Crippen LogP contribution is 2.18. The van der Waals surface area contributed by atoms with Crippen LogP contribution in [-0.2, 0) is 17.8 Å². The number of aryl methyl sites for hydroxylation is 1. The van der Waals surface area contributed by atoms with Crippen LogP contribution >= 0.6 is 11.3 Å². The summed E-state index contributed by atoms with van der Waals surface area (Å²) < 4.78 is 6.79. The van der Waals surface area contributed by atoms with E-state index in [1.807, 2.05) is 18.2 Å². The monoisotopic (exact) mass is 422 g/mol. The lowest BCUT2D eigenvalue weighted by Gasteiger charge is -2.09. The van der Waals surface area contributed by atoms with Crippen LogP contribution in [0.15, 0.2) is 58.9 Å². The molecule has 0 saturated heterocycles. The van der Waals surface area contributed by atoms with Crippen LogP contribution in [0.1, 0.15) is 27.4 Å². The molecule has 0 aliphatic heterocycles. The van der Waals surface area contributed by atoms with Crippen LogP contribution in [0.25, 0.3) is 5.82 Å². The van der Waals surface area contributed by atoms with Crippen LogP contribution in [-0.4, -0.2) is 31.6 Å². The fraction of sp³-hybridized carbons (Fsp3) is 0.150. The lowest BCUT2D eigenvalue weighted by Crippen LogP contribution is -2.25.